The smallest absolute Gasteiger partial charge is 0.329 e. The summed E-state index contributed by atoms with van der Waals surface area (Å²) in [7, 11) is 1.18. The number of benzene rings is 1. The number of aromatic nitrogens is 2. The Bertz CT molecular complexity index is 834. The van der Waals surface area contributed by atoms with Crippen LogP contribution in [0.25, 0.3) is 10.9 Å². The zero-order valence-corrected chi connectivity index (χ0v) is 10.9. The summed E-state index contributed by atoms with van der Waals surface area (Å²) in [6, 6.07) is -0.111. The fourth-order valence-electron chi connectivity index (χ4n) is 2.47. The second kappa shape index (κ2) is 4.16. The summed E-state index contributed by atoms with van der Waals surface area (Å²) in [6.07, 6.45) is 1.50. The number of aryl methyl sites for hydroxylation is 1. The highest BCUT2D eigenvalue weighted by molar-refractivity contribution is 5.87. The lowest BCUT2D eigenvalue weighted by molar-refractivity contribution is 0.373. The maximum Gasteiger partial charge on any atom is 0.329 e. The van der Waals surface area contributed by atoms with Crippen LogP contribution in [0.2, 0.25) is 0 Å². The first-order chi connectivity index (χ1) is 9.47. The molecular formula is C13H12F2N2O3. The zero-order valence-electron chi connectivity index (χ0n) is 10.9. The lowest BCUT2D eigenvalue weighted by Crippen LogP contribution is -2.31. The predicted molar refractivity (Wildman–Crippen MR) is 68.3 cm³/mol. The van der Waals surface area contributed by atoms with Crippen molar-refractivity contribution in [3.8, 4) is 5.75 Å². The van der Waals surface area contributed by atoms with E-state index in [-0.39, 0.29) is 22.5 Å². The SMILES string of the molecule is COc1c(F)c(F)c(C)c2c(=O)[nH]c(=O)n(C3CC3)c12. The molecule has 1 aliphatic rings. The Morgan fingerprint density at radius 3 is 2.45 bits per heavy atom. The normalized spacial score (nSPS) is 14.8. The van der Waals surface area contributed by atoms with Gasteiger partial charge in [0.05, 0.1) is 12.5 Å². The summed E-state index contributed by atoms with van der Waals surface area (Å²) >= 11 is 0. The van der Waals surface area contributed by atoms with Crippen molar-refractivity contribution in [3.63, 3.8) is 0 Å². The van der Waals surface area contributed by atoms with E-state index in [1.807, 2.05) is 0 Å². The largest absolute Gasteiger partial charge is 0.491 e. The third-order valence-corrected chi connectivity index (χ3v) is 3.57. The summed E-state index contributed by atoms with van der Waals surface area (Å²) in [5.74, 6) is -2.73. The zero-order chi connectivity index (χ0) is 14.6. The molecule has 0 radical (unpaired) electrons. The van der Waals surface area contributed by atoms with Crippen molar-refractivity contribution >= 4 is 10.9 Å². The molecule has 0 amide bonds. The first-order valence-corrected chi connectivity index (χ1v) is 6.17. The molecule has 0 aliphatic heterocycles. The van der Waals surface area contributed by atoms with Crippen LogP contribution in [0.5, 0.6) is 5.75 Å². The topological polar surface area (TPSA) is 64.1 Å². The van der Waals surface area contributed by atoms with Gasteiger partial charge in [0.25, 0.3) is 5.56 Å². The van der Waals surface area contributed by atoms with Gasteiger partial charge in [-0.05, 0) is 19.8 Å². The average molecular weight is 282 g/mol. The molecule has 0 saturated heterocycles. The lowest BCUT2D eigenvalue weighted by atomic mass is 10.1. The summed E-state index contributed by atoms with van der Waals surface area (Å²) < 4.78 is 34.0. The number of halogens is 2. The number of nitrogens with zero attached hydrogens (tertiary/aromatic N) is 1. The maximum atomic E-state index is 14.0. The van der Waals surface area contributed by atoms with E-state index in [4.69, 9.17) is 4.74 Å². The van der Waals surface area contributed by atoms with Crippen LogP contribution in [0.1, 0.15) is 24.4 Å². The molecule has 0 atom stereocenters. The van der Waals surface area contributed by atoms with Gasteiger partial charge in [-0.1, -0.05) is 0 Å². The van der Waals surface area contributed by atoms with Gasteiger partial charge in [-0.25, -0.2) is 9.18 Å². The number of ether oxygens (including phenoxy) is 1. The minimum Gasteiger partial charge on any atom is -0.491 e. The van der Waals surface area contributed by atoms with E-state index in [9.17, 15) is 18.4 Å². The lowest BCUT2D eigenvalue weighted by Gasteiger charge is -2.15. The van der Waals surface area contributed by atoms with Crippen LogP contribution in [-0.4, -0.2) is 16.7 Å². The number of rotatable bonds is 2. The molecule has 0 spiro atoms. The van der Waals surface area contributed by atoms with Crippen LogP contribution in [0.3, 0.4) is 0 Å². The third-order valence-electron chi connectivity index (χ3n) is 3.57. The van der Waals surface area contributed by atoms with Gasteiger partial charge in [0.1, 0.15) is 5.52 Å². The number of fused-ring (bicyclic) bond motifs is 1. The van der Waals surface area contributed by atoms with Gasteiger partial charge < -0.3 is 4.74 Å². The Kier molecular flexibility index (Phi) is 2.67. The highest BCUT2D eigenvalue weighted by Crippen LogP contribution is 2.39. The van der Waals surface area contributed by atoms with Gasteiger partial charge in [-0.3, -0.25) is 14.3 Å². The Labute approximate surface area is 111 Å². The van der Waals surface area contributed by atoms with E-state index in [2.05, 4.69) is 4.98 Å². The van der Waals surface area contributed by atoms with Gasteiger partial charge in [0, 0.05) is 11.6 Å². The van der Waals surface area contributed by atoms with Crippen molar-refractivity contribution in [1.29, 1.82) is 0 Å². The minimum atomic E-state index is -1.18. The first kappa shape index (κ1) is 12.8. The second-order valence-corrected chi connectivity index (χ2v) is 4.87. The molecule has 7 heteroatoms. The summed E-state index contributed by atoms with van der Waals surface area (Å²) in [5.41, 5.74) is -1.47. The van der Waals surface area contributed by atoms with Crippen molar-refractivity contribution in [2.75, 3.05) is 7.11 Å². The van der Waals surface area contributed by atoms with Crippen molar-refractivity contribution in [3.05, 3.63) is 38.0 Å². The van der Waals surface area contributed by atoms with Crippen LogP contribution in [-0.2, 0) is 0 Å². The number of H-pyrrole nitrogens is 1. The summed E-state index contributed by atoms with van der Waals surface area (Å²) in [5, 5.41) is -0.0488. The molecule has 2 aromatic rings. The fourth-order valence-corrected chi connectivity index (χ4v) is 2.47. The van der Waals surface area contributed by atoms with E-state index < -0.39 is 28.6 Å². The van der Waals surface area contributed by atoms with Crippen molar-refractivity contribution in [2.45, 2.75) is 25.8 Å². The second-order valence-electron chi connectivity index (χ2n) is 4.87. The molecule has 20 heavy (non-hydrogen) atoms. The van der Waals surface area contributed by atoms with Crippen molar-refractivity contribution < 1.29 is 13.5 Å². The first-order valence-electron chi connectivity index (χ1n) is 6.17. The molecule has 1 fully saturated rings. The molecular weight excluding hydrogens is 270 g/mol. The number of aromatic amines is 1. The number of hydrogen-bond donors (Lipinski definition) is 1. The van der Waals surface area contributed by atoms with Gasteiger partial charge in [0.15, 0.2) is 11.6 Å². The standard InChI is InChI=1S/C13H12F2N2O3/c1-5-7-10(11(20-2)9(15)8(5)14)17(6-3-4-6)13(19)16-12(7)18/h6H,3-4H2,1-2H3,(H,16,18,19). The Balaban J connectivity index is 2.64. The van der Waals surface area contributed by atoms with Crippen LogP contribution in [0.4, 0.5) is 8.78 Å². The van der Waals surface area contributed by atoms with E-state index in [0.717, 1.165) is 12.8 Å². The van der Waals surface area contributed by atoms with E-state index >= 15 is 0 Å². The monoisotopic (exact) mass is 282 g/mol. The Morgan fingerprint density at radius 1 is 1.25 bits per heavy atom. The molecule has 1 heterocycles. The quantitative estimate of drug-likeness (QED) is 0.910. The molecule has 0 bridgehead atoms. The van der Waals surface area contributed by atoms with Crippen LogP contribution in [0.15, 0.2) is 9.59 Å². The summed E-state index contributed by atoms with van der Waals surface area (Å²) in [6.45, 7) is 1.30. The molecule has 1 aromatic heterocycles. The molecule has 1 aromatic carbocycles. The van der Waals surface area contributed by atoms with E-state index in [1.54, 1.807) is 0 Å². The molecule has 0 unspecified atom stereocenters. The van der Waals surface area contributed by atoms with Gasteiger partial charge in [-0.2, -0.15) is 4.39 Å². The maximum absolute atomic E-state index is 14.0. The third kappa shape index (κ3) is 1.59. The van der Waals surface area contributed by atoms with Gasteiger partial charge in [-0.15, -0.1) is 0 Å². The van der Waals surface area contributed by atoms with Crippen LogP contribution in [0, 0.1) is 18.6 Å². The van der Waals surface area contributed by atoms with Crippen LogP contribution >= 0.6 is 0 Å². The molecule has 1 saturated carbocycles. The number of methoxy groups -OCH3 is 1. The molecule has 3 rings (SSSR count). The molecule has 5 nitrogen and oxygen atoms in total. The molecule has 1 N–H and O–H groups in total. The van der Waals surface area contributed by atoms with Gasteiger partial charge in [0.2, 0.25) is 5.82 Å². The minimum absolute atomic E-state index is 0.0279. The predicted octanol–water partition coefficient (Wildman–Crippen LogP) is 1.62. The average Bonchev–Trinajstić information content (AvgIpc) is 3.20. The molecule has 106 valence electrons. The highest BCUT2D eigenvalue weighted by Gasteiger charge is 2.31. The van der Waals surface area contributed by atoms with Crippen molar-refractivity contribution in [1.82, 2.24) is 9.55 Å². The van der Waals surface area contributed by atoms with Crippen LogP contribution < -0.4 is 16.0 Å². The Morgan fingerprint density at radius 2 is 1.90 bits per heavy atom. The summed E-state index contributed by atoms with van der Waals surface area (Å²) in [4.78, 5) is 26.0. The van der Waals surface area contributed by atoms with Crippen molar-refractivity contribution in [2.24, 2.45) is 0 Å². The number of nitrogens with one attached hydrogen (secondary N) is 1. The van der Waals surface area contributed by atoms with E-state index in [0.29, 0.717) is 0 Å². The number of hydrogen-bond acceptors (Lipinski definition) is 3. The van der Waals surface area contributed by atoms with E-state index in [1.165, 1.54) is 18.6 Å². The highest BCUT2D eigenvalue weighted by atomic mass is 19.2. The fraction of sp³-hybridized carbons (Fsp3) is 0.385. The molecule has 1 aliphatic carbocycles. The van der Waals surface area contributed by atoms with Gasteiger partial charge >= 0.3 is 5.69 Å². The Hall–Kier alpha value is -2.18.